The van der Waals surface area contributed by atoms with Crippen molar-refractivity contribution in [2.75, 3.05) is 5.73 Å². The van der Waals surface area contributed by atoms with Crippen LogP contribution in [0.5, 0.6) is 0 Å². The lowest BCUT2D eigenvalue weighted by atomic mass is 10.1. The molecule has 0 aliphatic rings. The number of nitrogens with one attached hydrogen (secondary N) is 1. The molecule has 3 N–H and O–H groups in total. The topological polar surface area (TPSA) is 68.0 Å². The minimum absolute atomic E-state index is 0.139. The first kappa shape index (κ1) is 13.0. The van der Waals surface area contributed by atoms with E-state index in [9.17, 15) is 9.18 Å². The maximum atomic E-state index is 13.1. The van der Waals surface area contributed by atoms with Gasteiger partial charge in [-0.25, -0.2) is 4.39 Å². The van der Waals surface area contributed by atoms with Crippen LogP contribution >= 0.6 is 0 Å². The largest absolute Gasteiger partial charge is 0.398 e. The molecule has 0 saturated heterocycles. The number of amides is 1. The number of pyridine rings is 1. The van der Waals surface area contributed by atoms with Crippen molar-refractivity contribution in [2.45, 2.75) is 13.5 Å². The molecule has 1 aromatic carbocycles. The van der Waals surface area contributed by atoms with Gasteiger partial charge in [0.25, 0.3) is 5.91 Å². The molecule has 0 fully saturated rings. The van der Waals surface area contributed by atoms with Gasteiger partial charge in [-0.05, 0) is 36.8 Å². The quantitative estimate of drug-likeness (QED) is 0.829. The van der Waals surface area contributed by atoms with Crippen LogP contribution in [0.2, 0.25) is 0 Å². The van der Waals surface area contributed by atoms with Crippen molar-refractivity contribution in [1.82, 2.24) is 10.3 Å². The number of halogens is 1. The fourth-order valence-corrected chi connectivity index (χ4v) is 1.61. The van der Waals surface area contributed by atoms with E-state index in [0.29, 0.717) is 6.54 Å². The summed E-state index contributed by atoms with van der Waals surface area (Å²) in [7, 11) is 0. The van der Waals surface area contributed by atoms with E-state index in [1.54, 1.807) is 6.20 Å². The summed E-state index contributed by atoms with van der Waals surface area (Å²) in [5.74, 6) is -0.895. The second-order valence-corrected chi connectivity index (χ2v) is 4.22. The third-order valence-corrected chi connectivity index (χ3v) is 2.69. The van der Waals surface area contributed by atoms with E-state index in [4.69, 9.17) is 5.73 Å². The van der Waals surface area contributed by atoms with Crippen molar-refractivity contribution in [1.29, 1.82) is 0 Å². The number of carbonyl (C=O) groups is 1. The standard InChI is InChI=1S/C14H14FN3O/c1-9-2-3-10(7-17-9)8-18-14(19)12-6-11(15)4-5-13(12)16/h2-7H,8,16H2,1H3,(H,18,19). The van der Waals surface area contributed by atoms with Crippen LogP contribution < -0.4 is 11.1 Å². The molecule has 98 valence electrons. The van der Waals surface area contributed by atoms with Crippen molar-refractivity contribution < 1.29 is 9.18 Å². The lowest BCUT2D eigenvalue weighted by molar-refractivity contribution is 0.0951. The molecular formula is C14H14FN3O. The van der Waals surface area contributed by atoms with Gasteiger partial charge in [0.2, 0.25) is 0 Å². The Morgan fingerprint density at radius 3 is 2.84 bits per heavy atom. The average molecular weight is 259 g/mol. The molecule has 0 aliphatic heterocycles. The Bertz CT molecular complexity index is 596. The highest BCUT2D eigenvalue weighted by Gasteiger charge is 2.10. The summed E-state index contributed by atoms with van der Waals surface area (Å²) in [5, 5.41) is 2.68. The molecule has 0 spiro atoms. The van der Waals surface area contributed by atoms with E-state index in [2.05, 4.69) is 10.3 Å². The normalized spacial score (nSPS) is 10.2. The zero-order valence-corrected chi connectivity index (χ0v) is 10.5. The number of nitrogen functional groups attached to an aromatic ring is 1. The average Bonchev–Trinajstić information content (AvgIpc) is 2.40. The van der Waals surface area contributed by atoms with Gasteiger partial charge >= 0.3 is 0 Å². The lowest BCUT2D eigenvalue weighted by Gasteiger charge is -2.07. The first-order chi connectivity index (χ1) is 9.06. The van der Waals surface area contributed by atoms with Gasteiger partial charge < -0.3 is 11.1 Å². The predicted octanol–water partition coefficient (Wildman–Crippen LogP) is 2.04. The molecule has 0 bridgehead atoms. The molecule has 4 nitrogen and oxygen atoms in total. The Morgan fingerprint density at radius 2 is 2.16 bits per heavy atom. The number of carbonyl (C=O) groups excluding carboxylic acids is 1. The number of aryl methyl sites for hydroxylation is 1. The zero-order chi connectivity index (χ0) is 13.8. The van der Waals surface area contributed by atoms with E-state index in [1.807, 2.05) is 19.1 Å². The van der Waals surface area contributed by atoms with Crippen LogP contribution in [0.25, 0.3) is 0 Å². The van der Waals surface area contributed by atoms with Gasteiger partial charge in [0.1, 0.15) is 5.82 Å². The molecule has 0 radical (unpaired) electrons. The van der Waals surface area contributed by atoms with Gasteiger partial charge in [0.05, 0.1) is 5.56 Å². The van der Waals surface area contributed by atoms with Crippen molar-refractivity contribution in [3.63, 3.8) is 0 Å². The van der Waals surface area contributed by atoms with Gasteiger partial charge in [-0.2, -0.15) is 0 Å². The second kappa shape index (κ2) is 5.48. The summed E-state index contributed by atoms with van der Waals surface area (Å²) in [5.41, 5.74) is 7.81. The van der Waals surface area contributed by atoms with E-state index >= 15 is 0 Å². The fraction of sp³-hybridized carbons (Fsp3) is 0.143. The Balaban J connectivity index is 2.05. The molecule has 1 heterocycles. The summed E-state index contributed by atoms with van der Waals surface area (Å²) >= 11 is 0. The lowest BCUT2D eigenvalue weighted by Crippen LogP contribution is -2.24. The number of aromatic nitrogens is 1. The van der Waals surface area contributed by atoms with Crippen molar-refractivity contribution in [3.8, 4) is 0 Å². The van der Waals surface area contributed by atoms with Gasteiger partial charge in [0, 0.05) is 24.1 Å². The van der Waals surface area contributed by atoms with Gasteiger partial charge in [0.15, 0.2) is 0 Å². The van der Waals surface area contributed by atoms with E-state index in [1.165, 1.54) is 12.1 Å². The molecule has 1 amide bonds. The smallest absolute Gasteiger partial charge is 0.253 e. The first-order valence-corrected chi connectivity index (χ1v) is 5.81. The highest BCUT2D eigenvalue weighted by atomic mass is 19.1. The highest BCUT2D eigenvalue weighted by Crippen LogP contribution is 2.13. The summed E-state index contributed by atoms with van der Waals surface area (Å²) in [6, 6.07) is 7.45. The molecule has 0 atom stereocenters. The fourth-order valence-electron chi connectivity index (χ4n) is 1.61. The zero-order valence-electron chi connectivity index (χ0n) is 10.5. The molecule has 19 heavy (non-hydrogen) atoms. The second-order valence-electron chi connectivity index (χ2n) is 4.22. The summed E-state index contributed by atoms with van der Waals surface area (Å²) in [4.78, 5) is 16.0. The molecule has 2 aromatic rings. The van der Waals surface area contributed by atoms with Gasteiger partial charge in [-0.3, -0.25) is 9.78 Å². The predicted molar refractivity (Wildman–Crippen MR) is 71.0 cm³/mol. The van der Waals surface area contributed by atoms with Crippen molar-refractivity contribution >= 4 is 11.6 Å². The maximum absolute atomic E-state index is 13.1. The third kappa shape index (κ3) is 3.28. The highest BCUT2D eigenvalue weighted by molar-refractivity contribution is 5.99. The number of nitrogens with zero attached hydrogens (tertiary/aromatic N) is 1. The van der Waals surface area contributed by atoms with E-state index in [0.717, 1.165) is 17.3 Å². The maximum Gasteiger partial charge on any atom is 0.253 e. The van der Waals surface area contributed by atoms with Gasteiger partial charge in [-0.1, -0.05) is 6.07 Å². The Labute approximate surface area is 110 Å². The Hall–Kier alpha value is -2.43. The van der Waals surface area contributed by atoms with Crippen LogP contribution in [0.3, 0.4) is 0 Å². The van der Waals surface area contributed by atoms with Crippen LogP contribution in [0.15, 0.2) is 36.5 Å². The minimum atomic E-state index is -0.489. The molecular weight excluding hydrogens is 245 g/mol. The van der Waals surface area contributed by atoms with Crippen molar-refractivity contribution in [3.05, 3.63) is 59.2 Å². The number of nitrogens with two attached hydrogens (primary N) is 1. The number of rotatable bonds is 3. The summed E-state index contributed by atoms with van der Waals surface area (Å²) in [6.07, 6.45) is 1.69. The van der Waals surface area contributed by atoms with Crippen LogP contribution in [0, 0.1) is 12.7 Å². The van der Waals surface area contributed by atoms with Crippen LogP contribution in [-0.4, -0.2) is 10.9 Å². The van der Waals surface area contributed by atoms with Crippen LogP contribution in [-0.2, 0) is 6.54 Å². The number of hydrogen-bond donors (Lipinski definition) is 2. The monoisotopic (exact) mass is 259 g/mol. The Kier molecular flexibility index (Phi) is 3.75. The van der Waals surface area contributed by atoms with Crippen LogP contribution in [0.1, 0.15) is 21.6 Å². The summed E-state index contributed by atoms with van der Waals surface area (Å²) < 4.78 is 13.1. The molecule has 5 heteroatoms. The van der Waals surface area contributed by atoms with E-state index in [-0.39, 0.29) is 11.3 Å². The number of anilines is 1. The van der Waals surface area contributed by atoms with Gasteiger partial charge in [-0.15, -0.1) is 0 Å². The SMILES string of the molecule is Cc1ccc(CNC(=O)c2cc(F)ccc2N)cn1. The Morgan fingerprint density at radius 1 is 1.37 bits per heavy atom. The molecule has 0 aliphatic carbocycles. The molecule has 0 unspecified atom stereocenters. The third-order valence-electron chi connectivity index (χ3n) is 2.69. The van der Waals surface area contributed by atoms with Crippen LogP contribution in [0.4, 0.5) is 10.1 Å². The van der Waals surface area contributed by atoms with E-state index < -0.39 is 11.7 Å². The molecule has 2 rings (SSSR count). The number of hydrogen-bond acceptors (Lipinski definition) is 3. The van der Waals surface area contributed by atoms with Crippen molar-refractivity contribution in [2.24, 2.45) is 0 Å². The first-order valence-electron chi connectivity index (χ1n) is 5.81. The molecule has 0 saturated carbocycles. The number of benzene rings is 1. The molecule has 1 aromatic heterocycles. The minimum Gasteiger partial charge on any atom is -0.398 e. The summed E-state index contributed by atoms with van der Waals surface area (Å²) in [6.45, 7) is 2.21.